The van der Waals surface area contributed by atoms with Crippen LogP contribution in [0.1, 0.15) is 59.8 Å². The molecule has 0 spiro atoms. The third-order valence-corrected chi connectivity index (χ3v) is 4.07. The van der Waals surface area contributed by atoms with E-state index in [-0.39, 0.29) is 12.0 Å². The van der Waals surface area contributed by atoms with E-state index in [1.54, 1.807) is 0 Å². The van der Waals surface area contributed by atoms with Gasteiger partial charge in [0.25, 0.3) is 0 Å². The molecule has 0 aromatic carbocycles. The highest BCUT2D eigenvalue weighted by Crippen LogP contribution is 2.29. The average molecular weight is 298 g/mol. The molecule has 1 aliphatic rings. The maximum atomic E-state index is 12.2. The average Bonchev–Trinajstić information content (AvgIpc) is 3.18. The van der Waals surface area contributed by atoms with Crippen LogP contribution in [-0.4, -0.2) is 49.2 Å². The largest absolute Gasteiger partial charge is 0.465 e. The zero-order chi connectivity index (χ0) is 15.9. The van der Waals surface area contributed by atoms with E-state index in [0.29, 0.717) is 6.61 Å². The molecule has 0 aromatic heterocycles. The molecule has 0 amide bonds. The minimum atomic E-state index is -0.556. The van der Waals surface area contributed by atoms with Gasteiger partial charge in [0.1, 0.15) is 5.54 Å². The predicted molar refractivity (Wildman–Crippen MR) is 87.4 cm³/mol. The van der Waals surface area contributed by atoms with Crippen molar-refractivity contribution in [2.24, 2.45) is 5.92 Å². The Balaban J connectivity index is 2.32. The number of nitrogens with one attached hydrogen (secondary N) is 1. The van der Waals surface area contributed by atoms with E-state index in [1.807, 2.05) is 13.8 Å². The lowest BCUT2D eigenvalue weighted by molar-refractivity contribution is -0.151. The Morgan fingerprint density at radius 1 is 1.38 bits per heavy atom. The Bertz CT molecular complexity index is 316. The fourth-order valence-corrected chi connectivity index (χ4v) is 2.85. The van der Waals surface area contributed by atoms with Crippen LogP contribution in [0.4, 0.5) is 0 Å². The summed E-state index contributed by atoms with van der Waals surface area (Å²) in [6.45, 7) is 10.8. The number of hydrogen-bond acceptors (Lipinski definition) is 4. The molecular weight excluding hydrogens is 264 g/mol. The number of hydrogen-bond donors (Lipinski definition) is 1. The highest BCUT2D eigenvalue weighted by atomic mass is 16.5. The first-order chi connectivity index (χ1) is 9.87. The standard InChI is InChI=1S/C17H34N2O2/c1-6-21-16(20)17(4,18-14(2)3)11-7-8-12-19(5)13-15-9-10-15/h14-15,18H,6-13H2,1-5H3. The molecule has 1 unspecified atom stereocenters. The molecule has 21 heavy (non-hydrogen) atoms. The van der Waals surface area contributed by atoms with Crippen molar-refractivity contribution in [1.29, 1.82) is 0 Å². The molecule has 0 saturated heterocycles. The third kappa shape index (κ3) is 7.28. The van der Waals surface area contributed by atoms with Crippen molar-refractivity contribution in [3.05, 3.63) is 0 Å². The van der Waals surface area contributed by atoms with E-state index in [0.717, 1.165) is 31.7 Å². The molecule has 0 heterocycles. The first-order valence-corrected chi connectivity index (χ1v) is 8.51. The highest BCUT2D eigenvalue weighted by molar-refractivity contribution is 5.80. The molecule has 0 bridgehead atoms. The van der Waals surface area contributed by atoms with Crippen molar-refractivity contribution in [3.63, 3.8) is 0 Å². The van der Waals surface area contributed by atoms with Gasteiger partial charge >= 0.3 is 5.97 Å². The van der Waals surface area contributed by atoms with E-state index in [2.05, 4.69) is 31.1 Å². The fraction of sp³-hybridized carbons (Fsp3) is 0.941. The smallest absolute Gasteiger partial charge is 0.326 e. The Morgan fingerprint density at radius 3 is 2.57 bits per heavy atom. The van der Waals surface area contributed by atoms with Crippen LogP contribution < -0.4 is 5.32 Å². The second-order valence-electron chi connectivity index (χ2n) is 7.01. The van der Waals surface area contributed by atoms with Crippen molar-refractivity contribution in [3.8, 4) is 0 Å². The van der Waals surface area contributed by atoms with Crippen LogP contribution in [-0.2, 0) is 9.53 Å². The summed E-state index contributed by atoms with van der Waals surface area (Å²) in [5.74, 6) is 0.826. The number of nitrogens with zero attached hydrogens (tertiary/aromatic N) is 1. The van der Waals surface area contributed by atoms with Crippen LogP contribution in [0.15, 0.2) is 0 Å². The Hall–Kier alpha value is -0.610. The van der Waals surface area contributed by atoms with Crippen LogP contribution >= 0.6 is 0 Å². The van der Waals surface area contributed by atoms with Crippen LogP contribution in [0.2, 0.25) is 0 Å². The van der Waals surface area contributed by atoms with Crippen LogP contribution in [0.5, 0.6) is 0 Å². The molecule has 1 N–H and O–H groups in total. The number of ether oxygens (including phenoxy) is 1. The Labute approximate surface area is 130 Å². The van der Waals surface area contributed by atoms with Gasteiger partial charge in [-0.25, -0.2) is 0 Å². The lowest BCUT2D eigenvalue weighted by Gasteiger charge is -2.31. The lowest BCUT2D eigenvalue weighted by Crippen LogP contribution is -2.53. The summed E-state index contributed by atoms with van der Waals surface area (Å²) in [6, 6.07) is 0.275. The van der Waals surface area contributed by atoms with Gasteiger partial charge in [0.2, 0.25) is 0 Å². The van der Waals surface area contributed by atoms with Gasteiger partial charge in [-0.1, -0.05) is 0 Å². The van der Waals surface area contributed by atoms with E-state index in [9.17, 15) is 4.79 Å². The molecule has 1 fully saturated rings. The lowest BCUT2D eigenvalue weighted by atomic mass is 9.93. The predicted octanol–water partition coefficient (Wildman–Crippen LogP) is 2.82. The normalized spacial score (nSPS) is 18.0. The molecule has 4 heteroatoms. The number of esters is 1. The second kappa shape index (κ2) is 8.74. The van der Waals surface area contributed by atoms with Gasteiger partial charge in [0.05, 0.1) is 6.61 Å². The van der Waals surface area contributed by atoms with Crippen LogP contribution in [0.25, 0.3) is 0 Å². The van der Waals surface area contributed by atoms with Gasteiger partial charge in [0, 0.05) is 12.6 Å². The Kier molecular flexibility index (Phi) is 7.67. The first-order valence-electron chi connectivity index (χ1n) is 8.51. The molecule has 124 valence electrons. The quantitative estimate of drug-likeness (QED) is 0.470. The highest BCUT2D eigenvalue weighted by Gasteiger charge is 2.34. The summed E-state index contributed by atoms with van der Waals surface area (Å²) in [5.41, 5.74) is -0.556. The SMILES string of the molecule is CCOC(=O)C(C)(CCCCN(C)CC1CC1)NC(C)C. The monoisotopic (exact) mass is 298 g/mol. The fourth-order valence-electron chi connectivity index (χ4n) is 2.85. The van der Waals surface area contributed by atoms with Crippen LogP contribution in [0.3, 0.4) is 0 Å². The van der Waals surface area contributed by atoms with Gasteiger partial charge < -0.3 is 9.64 Å². The van der Waals surface area contributed by atoms with E-state index >= 15 is 0 Å². The number of rotatable bonds is 11. The summed E-state index contributed by atoms with van der Waals surface area (Å²) >= 11 is 0. The Morgan fingerprint density at radius 2 is 2.05 bits per heavy atom. The van der Waals surface area contributed by atoms with Gasteiger partial charge in [-0.2, -0.15) is 0 Å². The van der Waals surface area contributed by atoms with Gasteiger partial charge in [0.15, 0.2) is 0 Å². The minimum absolute atomic E-state index is 0.120. The number of carbonyl (C=O) groups is 1. The molecule has 1 saturated carbocycles. The second-order valence-corrected chi connectivity index (χ2v) is 7.01. The summed E-state index contributed by atoms with van der Waals surface area (Å²) in [4.78, 5) is 14.6. The molecule has 4 nitrogen and oxygen atoms in total. The van der Waals surface area contributed by atoms with Gasteiger partial charge in [-0.05, 0) is 79.3 Å². The van der Waals surface area contributed by atoms with E-state index < -0.39 is 5.54 Å². The molecule has 0 radical (unpaired) electrons. The summed E-state index contributed by atoms with van der Waals surface area (Å²) < 4.78 is 5.24. The zero-order valence-corrected chi connectivity index (χ0v) is 14.6. The van der Waals surface area contributed by atoms with Gasteiger partial charge in [-0.15, -0.1) is 0 Å². The zero-order valence-electron chi connectivity index (χ0n) is 14.6. The van der Waals surface area contributed by atoms with Crippen molar-refractivity contribution < 1.29 is 9.53 Å². The number of unbranched alkanes of at least 4 members (excludes halogenated alkanes) is 1. The summed E-state index contributed by atoms with van der Waals surface area (Å²) in [5, 5.41) is 3.38. The molecule has 1 rings (SSSR count). The van der Waals surface area contributed by atoms with Crippen LogP contribution in [0, 0.1) is 5.92 Å². The number of carbonyl (C=O) groups excluding carboxylic acids is 1. The van der Waals surface area contributed by atoms with Crippen molar-refractivity contribution in [2.45, 2.75) is 71.4 Å². The van der Waals surface area contributed by atoms with Crippen molar-refractivity contribution in [2.75, 3.05) is 26.7 Å². The molecule has 1 aliphatic carbocycles. The first kappa shape index (κ1) is 18.4. The summed E-state index contributed by atoms with van der Waals surface area (Å²) in [7, 11) is 2.20. The van der Waals surface area contributed by atoms with E-state index in [1.165, 1.54) is 19.4 Å². The van der Waals surface area contributed by atoms with E-state index in [4.69, 9.17) is 4.74 Å². The molecule has 0 aromatic rings. The van der Waals surface area contributed by atoms with Crippen molar-refractivity contribution >= 4 is 5.97 Å². The molecule has 1 atom stereocenters. The third-order valence-electron chi connectivity index (χ3n) is 4.07. The molecule has 0 aliphatic heterocycles. The van der Waals surface area contributed by atoms with Gasteiger partial charge in [-0.3, -0.25) is 10.1 Å². The van der Waals surface area contributed by atoms with Crippen molar-refractivity contribution in [1.82, 2.24) is 10.2 Å². The molecular formula is C17H34N2O2. The maximum absolute atomic E-state index is 12.2. The minimum Gasteiger partial charge on any atom is -0.465 e. The maximum Gasteiger partial charge on any atom is 0.326 e. The summed E-state index contributed by atoms with van der Waals surface area (Å²) in [6.07, 6.45) is 5.83. The topological polar surface area (TPSA) is 41.6 Å².